The zero-order valence-electron chi connectivity index (χ0n) is 16.0. The highest BCUT2D eigenvalue weighted by molar-refractivity contribution is 5.77. The molecule has 0 atom stereocenters. The lowest BCUT2D eigenvalue weighted by molar-refractivity contribution is -0.121. The van der Waals surface area contributed by atoms with Gasteiger partial charge in [0.15, 0.2) is 0 Å². The summed E-state index contributed by atoms with van der Waals surface area (Å²) in [6.45, 7) is 0. The van der Waals surface area contributed by atoms with Gasteiger partial charge >= 0.3 is 0 Å². The Morgan fingerprint density at radius 3 is 2.57 bits per heavy atom. The first kappa shape index (κ1) is 18.7. The zero-order chi connectivity index (χ0) is 19.3. The number of carbonyl (C=O) groups is 1. The van der Waals surface area contributed by atoms with Crippen molar-refractivity contribution in [2.45, 2.75) is 57.4 Å². The van der Waals surface area contributed by atoms with Crippen molar-refractivity contribution in [3.63, 3.8) is 0 Å². The van der Waals surface area contributed by atoms with Gasteiger partial charge in [0, 0.05) is 24.2 Å². The van der Waals surface area contributed by atoms with Crippen LogP contribution in [0, 0.1) is 5.82 Å². The van der Waals surface area contributed by atoms with Crippen LogP contribution in [0.1, 0.15) is 50.6 Å². The van der Waals surface area contributed by atoms with Gasteiger partial charge in [0.1, 0.15) is 11.5 Å². The molecule has 2 aromatic heterocycles. The van der Waals surface area contributed by atoms with Crippen LogP contribution in [0.4, 0.5) is 4.39 Å². The minimum atomic E-state index is -0.267. The number of nitrogens with zero attached hydrogens (tertiary/aromatic N) is 2. The summed E-state index contributed by atoms with van der Waals surface area (Å²) >= 11 is 0. The van der Waals surface area contributed by atoms with Crippen molar-refractivity contribution in [2.75, 3.05) is 0 Å². The highest BCUT2D eigenvalue weighted by atomic mass is 19.1. The smallest absolute Gasteiger partial charge is 0.220 e. The molecule has 28 heavy (non-hydrogen) atoms. The summed E-state index contributed by atoms with van der Waals surface area (Å²) in [5.41, 5.74) is 3.50. The predicted molar refractivity (Wildman–Crippen MR) is 109 cm³/mol. The van der Waals surface area contributed by atoms with Gasteiger partial charge in [-0.05, 0) is 55.7 Å². The molecule has 1 fully saturated rings. The lowest BCUT2D eigenvalue weighted by atomic mass is 10.1. The second-order valence-electron chi connectivity index (χ2n) is 7.60. The van der Waals surface area contributed by atoms with Crippen molar-refractivity contribution in [3.8, 4) is 11.3 Å². The summed E-state index contributed by atoms with van der Waals surface area (Å²) in [6, 6.07) is 12.5. The van der Waals surface area contributed by atoms with Crippen LogP contribution in [0.5, 0.6) is 0 Å². The highest BCUT2D eigenvalue weighted by Crippen LogP contribution is 2.26. The largest absolute Gasteiger partial charge is 0.353 e. The molecule has 4 nitrogen and oxygen atoms in total. The monoisotopic (exact) mass is 379 g/mol. The molecule has 3 aromatic rings. The van der Waals surface area contributed by atoms with Crippen LogP contribution in [0.2, 0.25) is 0 Å². The molecule has 0 unspecified atom stereocenters. The van der Waals surface area contributed by atoms with Gasteiger partial charge in [-0.2, -0.15) is 0 Å². The third-order valence-electron chi connectivity index (χ3n) is 5.56. The van der Waals surface area contributed by atoms with Crippen molar-refractivity contribution in [1.29, 1.82) is 0 Å². The molecule has 146 valence electrons. The molecule has 0 saturated heterocycles. The Bertz CT molecular complexity index is 940. The lowest BCUT2D eigenvalue weighted by Crippen LogP contribution is -2.34. The van der Waals surface area contributed by atoms with Gasteiger partial charge in [0.2, 0.25) is 5.91 Å². The molecule has 0 radical (unpaired) electrons. The molecule has 1 aliphatic carbocycles. The Balaban J connectivity index is 1.53. The van der Waals surface area contributed by atoms with Crippen molar-refractivity contribution >= 4 is 11.6 Å². The average molecular weight is 379 g/mol. The van der Waals surface area contributed by atoms with E-state index < -0.39 is 0 Å². The van der Waals surface area contributed by atoms with E-state index in [-0.39, 0.29) is 11.7 Å². The molecule has 5 heteroatoms. The fraction of sp³-hybridized carbons (Fsp3) is 0.391. The Labute approximate surface area is 164 Å². The number of fused-ring (bicyclic) bond motifs is 1. The third-order valence-corrected chi connectivity index (χ3v) is 5.56. The average Bonchev–Trinajstić information content (AvgIpc) is 2.87. The van der Waals surface area contributed by atoms with Gasteiger partial charge in [0.25, 0.3) is 0 Å². The summed E-state index contributed by atoms with van der Waals surface area (Å²) in [7, 11) is 0. The van der Waals surface area contributed by atoms with E-state index in [9.17, 15) is 9.18 Å². The Kier molecular flexibility index (Phi) is 5.70. The number of imidazole rings is 1. The van der Waals surface area contributed by atoms with E-state index >= 15 is 0 Å². The molecular formula is C23H26FN3O. The second kappa shape index (κ2) is 8.55. The topological polar surface area (TPSA) is 46.4 Å². The first-order valence-corrected chi connectivity index (χ1v) is 10.2. The van der Waals surface area contributed by atoms with Crippen LogP contribution < -0.4 is 5.32 Å². The van der Waals surface area contributed by atoms with Gasteiger partial charge in [-0.3, -0.25) is 4.79 Å². The lowest BCUT2D eigenvalue weighted by Gasteiger charge is -2.16. The second-order valence-corrected chi connectivity index (χ2v) is 7.60. The molecule has 1 saturated carbocycles. The molecule has 4 rings (SSSR count). The molecule has 0 spiro atoms. The van der Waals surface area contributed by atoms with Crippen molar-refractivity contribution < 1.29 is 9.18 Å². The van der Waals surface area contributed by atoms with Crippen LogP contribution in [0.3, 0.4) is 0 Å². The minimum Gasteiger partial charge on any atom is -0.353 e. The van der Waals surface area contributed by atoms with Crippen molar-refractivity contribution in [2.24, 2.45) is 0 Å². The number of benzene rings is 1. The first-order chi connectivity index (χ1) is 13.7. The molecular weight excluding hydrogens is 353 g/mol. The third kappa shape index (κ3) is 4.24. The van der Waals surface area contributed by atoms with Gasteiger partial charge in [-0.15, -0.1) is 0 Å². The fourth-order valence-corrected chi connectivity index (χ4v) is 4.08. The maximum Gasteiger partial charge on any atom is 0.220 e. The van der Waals surface area contributed by atoms with Crippen LogP contribution in [-0.2, 0) is 11.2 Å². The van der Waals surface area contributed by atoms with Crippen LogP contribution in [0.25, 0.3) is 16.9 Å². The molecule has 1 amide bonds. The summed E-state index contributed by atoms with van der Waals surface area (Å²) < 4.78 is 15.4. The number of aromatic nitrogens is 2. The van der Waals surface area contributed by atoms with E-state index in [0.29, 0.717) is 18.9 Å². The predicted octanol–water partition coefficient (Wildman–Crippen LogP) is 4.91. The highest BCUT2D eigenvalue weighted by Gasteiger charge is 2.18. The summed E-state index contributed by atoms with van der Waals surface area (Å²) in [5, 5.41) is 3.22. The Morgan fingerprint density at radius 2 is 1.82 bits per heavy atom. The van der Waals surface area contributed by atoms with Gasteiger partial charge in [-0.25, -0.2) is 9.37 Å². The summed E-state index contributed by atoms with van der Waals surface area (Å²) in [6.07, 6.45) is 10.1. The number of halogens is 1. The Hall–Kier alpha value is -2.69. The van der Waals surface area contributed by atoms with Crippen LogP contribution in [-0.4, -0.2) is 21.3 Å². The zero-order valence-corrected chi connectivity index (χ0v) is 16.0. The number of amides is 1. The number of rotatable bonds is 5. The van der Waals surface area contributed by atoms with Crippen molar-refractivity contribution in [1.82, 2.24) is 14.7 Å². The van der Waals surface area contributed by atoms with E-state index in [2.05, 4.69) is 5.32 Å². The number of aryl methyl sites for hydroxylation is 1. The molecule has 0 bridgehead atoms. The van der Waals surface area contributed by atoms with Crippen LogP contribution >= 0.6 is 0 Å². The van der Waals surface area contributed by atoms with Gasteiger partial charge in [-0.1, -0.05) is 31.7 Å². The minimum absolute atomic E-state index is 0.0998. The molecule has 1 N–H and O–H groups in total. The van der Waals surface area contributed by atoms with E-state index in [4.69, 9.17) is 4.98 Å². The molecule has 2 heterocycles. The Morgan fingerprint density at radius 1 is 1.07 bits per heavy atom. The number of pyridine rings is 1. The van der Waals surface area contributed by atoms with E-state index in [0.717, 1.165) is 35.4 Å². The number of nitrogens with one attached hydrogen (secondary N) is 1. The maximum absolute atomic E-state index is 13.3. The first-order valence-electron chi connectivity index (χ1n) is 10.2. The standard InChI is InChI=1S/C23H26FN3O/c24-18-12-10-17(11-13-18)23-20(27-16-6-5-9-21(27)26-23)14-15-22(28)25-19-7-3-1-2-4-8-19/h5-6,9-13,16,19H,1-4,7-8,14-15H2,(H,25,28). The van der Waals surface area contributed by atoms with E-state index in [1.54, 1.807) is 12.1 Å². The summed E-state index contributed by atoms with van der Waals surface area (Å²) in [4.78, 5) is 17.3. The van der Waals surface area contributed by atoms with E-state index in [1.165, 1.54) is 37.8 Å². The van der Waals surface area contributed by atoms with Gasteiger partial charge in [0.05, 0.1) is 11.4 Å². The van der Waals surface area contributed by atoms with Crippen LogP contribution in [0.15, 0.2) is 48.7 Å². The van der Waals surface area contributed by atoms with Gasteiger partial charge < -0.3 is 9.72 Å². The molecule has 1 aromatic carbocycles. The normalized spacial score (nSPS) is 15.5. The number of carbonyl (C=O) groups excluding carboxylic acids is 1. The maximum atomic E-state index is 13.3. The number of hydrogen-bond acceptors (Lipinski definition) is 2. The van der Waals surface area contributed by atoms with Crippen molar-refractivity contribution in [3.05, 3.63) is 60.2 Å². The molecule has 1 aliphatic rings. The summed E-state index contributed by atoms with van der Waals surface area (Å²) in [5.74, 6) is -0.167. The SMILES string of the molecule is O=C(CCc1c(-c2ccc(F)cc2)nc2ccccn12)NC1CCCCCC1. The number of hydrogen-bond donors (Lipinski definition) is 1. The quantitative estimate of drug-likeness (QED) is 0.640. The fourth-order valence-electron chi connectivity index (χ4n) is 4.08. The molecule has 0 aliphatic heterocycles. The van der Waals surface area contributed by atoms with E-state index in [1.807, 2.05) is 28.8 Å².